The van der Waals surface area contributed by atoms with Crippen LogP contribution in [0.25, 0.3) is 0 Å². The van der Waals surface area contributed by atoms with Crippen LogP contribution in [0.4, 0.5) is 4.79 Å². The Kier molecular flexibility index (Phi) is 4.98. The van der Waals surface area contributed by atoms with Crippen molar-refractivity contribution in [3.05, 3.63) is 41.6 Å². The molecule has 0 atom stereocenters. The Morgan fingerprint density at radius 2 is 1.81 bits per heavy atom. The van der Waals surface area contributed by atoms with Crippen molar-refractivity contribution >= 4 is 16.1 Å². The summed E-state index contributed by atoms with van der Waals surface area (Å²) in [5.74, 6) is 0. The van der Waals surface area contributed by atoms with Crippen molar-refractivity contribution in [1.29, 1.82) is 0 Å². The molecule has 1 saturated carbocycles. The van der Waals surface area contributed by atoms with Gasteiger partial charge in [0.25, 0.3) is 0 Å². The molecule has 1 aromatic rings. The SMILES string of the molecule is NS(=O)(=O)c1ccc(CNC(=O)NC=C2CCCC2)cc1. The molecule has 0 saturated heterocycles. The van der Waals surface area contributed by atoms with Gasteiger partial charge in [-0.2, -0.15) is 0 Å². The maximum atomic E-state index is 11.6. The van der Waals surface area contributed by atoms with Crippen LogP contribution in [-0.2, 0) is 16.6 Å². The summed E-state index contributed by atoms with van der Waals surface area (Å²) in [6.45, 7) is 0.319. The predicted molar refractivity (Wildman–Crippen MR) is 79.7 cm³/mol. The summed E-state index contributed by atoms with van der Waals surface area (Å²) in [4.78, 5) is 11.7. The zero-order valence-electron chi connectivity index (χ0n) is 11.6. The van der Waals surface area contributed by atoms with Crippen molar-refractivity contribution in [2.45, 2.75) is 37.1 Å². The number of carbonyl (C=O) groups is 1. The highest BCUT2D eigenvalue weighted by Crippen LogP contribution is 2.22. The fourth-order valence-corrected chi connectivity index (χ4v) is 2.69. The van der Waals surface area contributed by atoms with E-state index in [2.05, 4.69) is 10.6 Å². The molecule has 1 aromatic carbocycles. The Labute approximate surface area is 124 Å². The number of hydrogen-bond acceptors (Lipinski definition) is 3. The van der Waals surface area contributed by atoms with Gasteiger partial charge in [0.05, 0.1) is 4.90 Å². The molecular formula is C14H19N3O3S. The highest BCUT2D eigenvalue weighted by molar-refractivity contribution is 7.89. The second-order valence-corrected chi connectivity index (χ2v) is 6.59. The molecule has 7 heteroatoms. The van der Waals surface area contributed by atoms with Crippen LogP contribution >= 0.6 is 0 Å². The van der Waals surface area contributed by atoms with Crippen LogP contribution in [0.3, 0.4) is 0 Å². The molecule has 0 unspecified atom stereocenters. The summed E-state index contributed by atoms with van der Waals surface area (Å²) in [5, 5.41) is 10.4. The van der Waals surface area contributed by atoms with Gasteiger partial charge in [0.1, 0.15) is 0 Å². The molecule has 1 fully saturated rings. The van der Waals surface area contributed by atoms with Crippen LogP contribution in [0, 0.1) is 0 Å². The molecule has 0 radical (unpaired) electrons. The van der Waals surface area contributed by atoms with E-state index >= 15 is 0 Å². The lowest BCUT2D eigenvalue weighted by molar-refractivity contribution is 0.243. The van der Waals surface area contributed by atoms with Crippen molar-refractivity contribution in [2.75, 3.05) is 0 Å². The Morgan fingerprint density at radius 3 is 2.38 bits per heavy atom. The number of hydrogen-bond donors (Lipinski definition) is 3. The van der Waals surface area contributed by atoms with Crippen molar-refractivity contribution in [1.82, 2.24) is 10.6 Å². The first-order valence-corrected chi connectivity index (χ1v) is 8.34. The minimum absolute atomic E-state index is 0.0571. The molecule has 0 spiro atoms. The normalized spacial score (nSPS) is 14.8. The van der Waals surface area contributed by atoms with E-state index in [-0.39, 0.29) is 10.9 Å². The maximum Gasteiger partial charge on any atom is 0.319 e. The highest BCUT2D eigenvalue weighted by atomic mass is 32.2. The number of benzene rings is 1. The van der Waals surface area contributed by atoms with Crippen molar-refractivity contribution in [3.63, 3.8) is 0 Å². The number of urea groups is 1. The van der Waals surface area contributed by atoms with E-state index in [1.807, 2.05) is 0 Å². The third-order valence-corrected chi connectivity index (χ3v) is 4.29. The quantitative estimate of drug-likeness (QED) is 0.787. The summed E-state index contributed by atoms with van der Waals surface area (Å²) in [6, 6.07) is 5.81. The fraction of sp³-hybridized carbons (Fsp3) is 0.357. The average Bonchev–Trinajstić information content (AvgIpc) is 2.95. The van der Waals surface area contributed by atoms with Crippen LogP contribution < -0.4 is 15.8 Å². The van der Waals surface area contributed by atoms with E-state index in [0.29, 0.717) is 6.54 Å². The van der Waals surface area contributed by atoms with Crippen LogP contribution in [0.15, 0.2) is 40.9 Å². The smallest absolute Gasteiger partial charge is 0.319 e. The molecular weight excluding hydrogens is 290 g/mol. The maximum absolute atomic E-state index is 11.6. The highest BCUT2D eigenvalue weighted by Gasteiger charge is 2.08. The number of rotatable bonds is 4. The van der Waals surface area contributed by atoms with E-state index in [9.17, 15) is 13.2 Å². The molecule has 4 N–H and O–H groups in total. The first-order valence-electron chi connectivity index (χ1n) is 6.79. The minimum atomic E-state index is -3.68. The van der Waals surface area contributed by atoms with Gasteiger partial charge in [0.2, 0.25) is 10.0 Å². The van der Waals surface area contributed by atoms with E-state index in [4.69, 9.17) is 5.14 Å². The largest absolute Gasteiger partial charge is 0.334 e. The van der Waals surface area contributed by atoms with Gasteiger partial charge in [-0.15, -0.1) is 0 Å². The molecule has 0 heterocycles. The average molecular weight is 309 g/mol. The van der Waals surface area contributed by atoms with Crippen molar-refractivity contribution < 1.29 is 13.2 Å². The van der Waals surface area contributed by atoms with Crippen molar-refractivity contribution in [3.8, 4) is 0 Å². The molecule has 0 aromatic heterocycles. The van der Waals surface area contributed by atoms with Crippen LogP contribution in [-0.4, -0.2) is 14.4 Å². The molecule has 2 amide bonds. The molecule has 0 bridgehead atoms. The number of amides is 2. The molecule has 6 nitrogen and oxygen atoms in total. The lowest BCUT2D eigenvalue weighted by Crippen LogP contribution is -2.31. The van der Waals surface area contributed by atoms with E-state index < -0.39 is 10.0 Å². The summed E-state index contributed by atoms with van der Waals surface area (Å²) < 4.78 is 22.2. The van der Waals surface area contributed by atoms with E-state index in [1.165, 1.54) is 30.5 Å². The Hall–Kier alpha value is -1.86. The summed E-state index contributed by atoms with van der Waals surface area (Å²) in [5.41, 5.74) is 2.06. The second-order valence-electron chi connectivity index (χ2n) is 5.03. The number of sulfonamides is 1. The lowest BCUT2D eigenvalue weighted by Gasteiger charge is -2.06. The third-order valence-electron chi connectivity index (χ3n) is 3.36. The Morgan fingerprint density at radius 1 is 1.19 bits per heavy atom. The Balaban J connectivity index is 1.82. The number of carbonyl (C=O) groups excluding carboxylic acids is 1. The first-order chi connectivity index (χ1) is 9.95. The van der Waals surface area contributed by atoms with Gasteiger partial charge in [0.15, 0.2) is 0 Å². The van der Waals surface area contributed by atoms with Crippen LogP contribution in [0.1, 0.15) is 31.2 Å². The topological polar surface area (TPSA) is 101 Å². The zero-order valence-corrected chi connectivity index (χ0v) is 12.4. The van der Waals surface area contributed by atoms with Crippen LogP contribution in [0.5, 0.6) is 0 Å². The standard InChI is InChI=1S/C14H19N3O3S/c15-21(19,20)13-7-5-12(6-8-13)10-17-14(18)16-9-11-3-1-2-4-11/h5-9H,1-4,10H2,(H2,15,19,20)(H2,16,17,18). The van der Waals surface area contributed by atoms with Gasteiger partial charge < -0.3 is 10.6 Å². The number of nitrogens with two attached hydrogens (primary N) is 1. The lowest BCUT2D eigenvalue weighted by atomic mass is 10.2. The van der Waals surface area contributed by atoms with Gasteiger partial charge in [-0.25, -0.2) is 18.4 Å². The summed E-state index contributed by atoms with van der Waals surface area (Å²) in [6.07, 6.45) is 6.24. The fourth-order valence-electron chi connectivity index (χ4n) is 2.17. The minimum Gasteiger partial charge on any atom is -0.334 e. The van der Waals surface area contributed by atoms with Gasteiger partial charge in [-0.3, -0.25) is 0 Å². The summed E-state index contributed by atoms with van der Waals surface area (Å²) >= 11 is 0. The van der Waals surface area contributed by atoms with Gasteiger partial charge >= 0.3 is 6.03 Å². The predicted octanol–water partition coefficient (Wildman–Crippen LogP) is 1.59. The molecule has 0 aliphatic heterocycles. The van der Waals surface area contributed by atoms with E-state index in [0.717, 1.165) is 18.4 Å². The van der Waals surface area contributed by atoms with Gasteiger partial charge in [-0.05, 0) is 43.4 Å². The molecule has 114 valence electrons. The van der Waals surface area contributed by atoms with Gasteiger partial charge in [0, 0.05) is 12.7 Å². The van der Waals surface area contributed by atoms with Crippen LogP contribution in [0.2, 0.25) is 0 Å². The molecule has 2 rings (SSSR count). The summed E-state index contributed by atoms with van der Waals surface area (Å²) in [7, 11) is -3.68. The number of allylic oxidation sites excluding steroid dienone is 1. The first kappa shape index (κ1) is 15.5. The Bertz CT molecular complexity index is 628. The molecule has 1 aliphatic rings. The zero-order chi connectivity index (χ0) is 15.3. The van der Waals surface area contributed by atoms with Gasteiger partial charge in [-0.1, -0.05) is 17.7 Å². The number of nitrogens with one attached hydrogen (secondary N) is 2. The third kappa shape index (κ3) is 4.87. The monoisotopic (exact) mass is 309 g/mol. The molecule has 21 heavy (non-hydrogen) atoms. The molecule has 1 aliphatic carbocycles. The second kappa shape index (κ2) is 6.73. The number of primary sulfonamides is 1. The van der Waals surface area contributed by atoms with Crippen molar-refractivity contribution in [2.24, 2.45) is 5.14 Å². The van der Waals surface area contributed by atoms with E-state index in [1.54, 1.807) is 18.3 Å².